The maximum absolute atomic E-state index is 6.37. The van der Waals surface area contributed by atoms with Crippen LogP contribution in [0.3, 0.4) is 0 Å². The highest BCUT2D eigenvalue weighted by atomic mass is 35.5. The van der Waals surface area contributed by atoms with Crippen molar-refractivity contribution in [3.63, 3.8) is 0 Å². The van der Waals surface area contributed by atoms with E-state index in [9.17, 15) is 0 Å². The molecule has 1 aromatic heterocycles. The maximum Gasteiger partial charge on any atom is 0.0518 e. The second-order valence-corrected chi connectivity index (χ2v) is 5.10. The molecule has 3 heteroatoms. The van der Waals surface area contributed by atoms with E-state index in [1.807, 2.05) is 24.4 Å². The van der Waals surface area contributed by atoms with Gasteiger partial charge < -0.3 is 4.90 Å². The van der Waals surface area contributed by atoms with Crippen LogP contribution in [0, 0.1) is 0 Å². The normalized spacial score (nSPS) is 19.6. The molecule has 1 aliphatic heterocycles. The molecule has 1 saturated heterocycles. The van der Waals surface area contributed by atoms with Gasteiger partial charge in [-0.15, -0.1) is 11.6 Å². The summed E-state index contributed by atoms with van der Waals surface area (Å²) in [5.74, 6) is 0. The molecular weight excluding hydrogens is 220 g/mol. The Morgan fingerprint density at radius 3 is 2.75 bits per heavy atom. The van der Waals surface area contributed by atoms with Crippen molar-refractivity contribution in [3.05, 3.63) is 30.1 Å². The van der Waals surface area contributed by atoms with Crippen molar-refractivity contribution < 1.29 is 0 Å². The first-order valence-electron chi connectivity index (χ1n) is 6.11. The van der Waals surface area contributed by atoms with E-state index < -0.39 is 0 Å². The van der Waals surface area contributed by atoms with Crippen LogP contribution in [-0.4, -0.2) is 34.9 Å². The molecule has 1 unspecified atom stereocenters. The highest BCUT2D eigenvalue weighted by Crippen LogP contribution is 2.13. The lowest BCUT2D eigenvalue weighted by atomic mass is 10.1. The Bertz CT molecular complexity index is 296. The average molecular weight is 239 g/mol. The Hall–Kier alpha value is -0.600. The minimum Gasteiger partial charge on any atom is -0.302 e. The number of pyridine rings is 1. The van der Waals surface area contributed by atoms with Gasteiger partial charge in [0.25, 0.3) is 0 Å². The zero-order chi connectivity index (χ0) is 11.2. The zero-order valence-electron chi connectivity index (χ0n) is 9.61. The smallest absolute Gasteiger partial charge is 0.0518 e. The van der Waals surface area contributed by atoms with E-state index in [0.29, 0.717) is 0 Å². The number of piperidine rings is 1. The van der Waals surface area contributed by atoms with E-state index in [0.717, 1.165) is 18.7 Å². The van der Waals surface area contributed by atoms with Crippen LogP contribution in [0.4, 0.5) is 0 Å². The van der Waals surface area contributed by atoms with Gasteiger partial charge in [0.2, 0.25) is 0 Å². The van der Waals surface area contributed by atoms with Crippen molar-refractivity contribution in [2.45, 2.75) is 31.1 Å². The first-order valence-corrected chi connectivity index (χ1v) is 6.54. The summed E-state index contributed by atoms with van der Waals surface area (Å²) in [5.41, 5.74) is 1.10. The molecule has 0 radical (unpaired) electrons. The molecule has 1 fully saturated rings. The molecule has 2 rings (SSSR count). The number of rotatable bonds is 4. The Morgan fingerprint density at radius 1 is 1.25 bits per heavy atom. The fourth-order valence-electron chi connectivity index (χ4n) is 2.23. The van der Waals surface area contributed by atoms with Gasteiger partial charge in [0.1, 0.15) is 0 Å². The van der Waals surface area contributed by atoms with E-state index in [4.69, 9.17) is 11.6 Å². The summed E-state index contributed by atoms with van der Waals surface area (Å²) >= 11 is 6.37. The third-order valence-corrected chi connectivity index (χ3v) is 3.35. The summed E-state index contributed by atoms with van der Waals surface area (Å²) in [6, 6.07) is 6.01. The Kier molecular flexibility index (Phi) is 4.61. The van der Waals surface area contributed by atoms with Crippen molar-refractivity contribution >= 4 is 11.6 Å². The quantitative estimate of drug-likeness (QED) is 0.750. The number of likely N-dealkylation sites (tertiary alicyclic amines) is 1. The molecule has 1 aliphatic rings. The lowest BCUT2D eigenvalue weighted by Gasteiger charge is -2.28. The summed E-state index contributed by atoms with van der Waals surface area (Å²) < 4.78 is 0. The summed E-state index contributed by atoms with van der Waals surface area (Å²) in [5, 5.41) is 0.188. The van der Waals surface area contributed by atoms with Crippen LogP contribution in [0.15, 0.2) is 24.4 Å². The van der Waals surface area contributed by atoms with Gasteiger partial charge in [-0.05, 0) is 38.1 Å². The summed E-state index contributed by atoms with van der Waals surface area (Å²) in [6.07, 6.45) is 6.74. The van der Waals surface area contributed by atoms with E-state index in [1.165, 1.54) is 32.4 Å². The number of halogens is 1. The van der Waals surface area contributed by atoms with Crippen LogP contribution in [0.25, 0.3) is 0 Å². The fourth-order valence-corrected chi connectivity index (χ4v) is 2.59. The molecule has 0 amide bonds. The van der Waals surface area contributed by atoms with Gasteiger partial charge in [0, 0.05) is 24.9 Å². The zero-order valence-corrected chi connectivity index (χ0v) is 10.4. The largest absolute Gasteiger partial charge is 0.302 e. The number of alkyl halides is 1. The van der Waals surface area contributed by atoms with E-state index in [1.54, 1.807) is 0 Å². The lowest BCUT2D eigenvalue weighted by molar-refractivity contribution is 0.228. The van der Waals surface area contributed by atoms with E-state index >= 15 is 0 Å². The standard InChI is InChI=1S/C13H19ClN2/c14-12(10-13-6-2-3-7-15-13)11-16-8-4-1-5-9-16/h2-3,6-7,12H,1,4-5,8-11H2. The van der Waals surface area contributed by atoms with Crippen LogP contribution in [0.2, 0.25) is 0 Å². The second-order valence-electron chi connectivity index (χ2n) is 4.48. The van der Waals surface area contributed by atoms with Crippen LogP contribution in [0.1, 0.15) is 25.0 Å². The van der Waals surface area contributed by atoms with Gasteiger partial charge in [-0.3, -0.25) is 4.98 Å². The van der Waals surface area contributed by atoms with Gasteiger partial charge in [-0.2, -0.15) is 0 Å². The molecule has 0 aliphatic carbocycles. The van der Waals surface area contributed by atoms with Crippen LogP contribution < -0.4 is 0 Å². The van der Waals surface area contributed by atoms with Crippen molar-refractivity contribution in [2.24, 2.45) is 0 Å². The molecule has 1 aromatic rings. The molecule has 88 valence electrons. The average Bonchev–Trinajstić information content (AvgIpc) is 2.31. The molecule has 0 saturated carbocycles. The minimum absolute atomic E-state index is 0.188. The Labute approximate surface area is 103 Å². The van der Waals surface area contributed by atoms with Crippen LogP contribution >= 0.6 is 11.6 Å². The van der Waals surface area contributed by atoms with E-state index in [-0.39, 0.29) is 5.38 Å². The third kappa shape index (κ3) is 3.76. The first-order chi connectivity index (χ1) is 7.84. The van der Waals surface area contributed by atoms with Gasteiger partial charge in [0.05, 0.1) is 5.38 Å². The van der Waals surface area contributed by atoms with Crippen LogP contribution in [0.5, 0.6) is 0 Å². The number of aromatic nitrogens is 1. The summed E-state index contributed by atoms with van der Waals surface area (Å²) in [4.78, 5) is 6.79. The third-order valence-electron chi connectivity index (χ3n) is 3.06. The summed E-state index contributed by atoms with van der Waals surface area (Å²) in [6.45, 7) is 3.43. The molecule has 16 heavy (non-hydrogen) atoms. The highest BCUT2D eigenvalue weighted by molar-refractivity contribution is 6.20. The lowest BCUT2D eigenvalue weighted by Crippen LogP contribution is -2.35. The predicted octanol–water partition coefficient (Wildman–Crippen LogP) is 2.72. The number of hydrogen-bond acceptors (Lipinski definition) is 2. The molecular formula is C13H19ClN2. The molecule has 1 atom stereocenters. The number of hydrogen-bond donors (Lipinski definition) is 0. The molecule has 2 nitrogen and oxygen atoms in total. The van der Waals surface area contributed by atoms with Crippen molar-refractivity contribution in [1.82, 2.24) is 9.88 Å². The van der Waals surface area contributed by atoms with Crippen molar-refractivity contribution in [1.29, 1.82) is 0 Å². The SMILES string of the molecule is ClC(Cc1ccccn1)CN1CCCCC1. The first kappa shape index (κ1) is 11.9. The minimum atomic E-state index is 0.188. The molecule has 0 bridgehead atoms. The van der Waals surface area contributed by atoms with Gasteiger partial charge in [-0.1, -0.05) is 12.5 Å². The van der Waals surface area contributed by atoms with Gasteiger partial charge in [0.15, 0.2) is 0 Å². The van der Waals surface area contributed by atoms with Gasteiger partial charge in [-0.25, -0.2) is 0 Å². The molecule has 0 N–H and O–H groups in total. The fraction of sp³-hybridized carbons (Fsp3) is 0.615. The van der Waals surface area contributed by atoms with Crippen LogP contribution in [-0.2, 0) is 6.42 Å². The van der Waals surface area contributed by atoms with E-state index in [2.05, 4.69) is 9.88 Å². The summed E-state index contributed by atoms with van der Waals surface area (Å²) in [7, 11) is 0. The topological polar surface area (TPSA) is 16.1 Å². The molecule has 0 aromatic carbocycles. The predicted molar refractivity (Wildman–Crippen MR) is 67.9 cm³/mol. The van der Waals surface area contributed by atoms with Gasteiger partial charge >= 0.3 is 0 Å². The monoisotopic (exact) mass is 238 g/mol. The number of nitrogens with zero attached hydrogens (tertiary/aromatic N) is 2. The van der Waals surface area contributed by atoms with Crippen molar-refractivity contribution in [3.8, 4) is 0 Å². The van der Waals surface area contributed by atoms with Crippen molar-refractivity contribution in [2.75, 3.05) is 19.6 Å². The molecule has 2 heterocycles. The Morgan fingerprint density at radius 2 is 2.06 bits per heavy atom. The highest BCUT2D eigenvalue weighted by Gasteiger charge is 2.15. The Balaban J connectivity index is 1.77. The maximum atomic E-state index is 6.37. The molecule has 0 spiro atoms. The second kappa shape index (κ2) is 6.21.